The number of carbonyl (C=O) groups excluding carboxylic acids is 1. The molecule has 7 nitrogen and oxygen atoms in total. The number of para-hydroxylation sites is 2. The summed E-state index contributed by atoms with van der Waals surface area (Å²) >= 11 is 0. The normalized spacial score (nSPS) is 14.5. The number of piperidine rings is 1. The number of aromatic nitrogens is 1. The molecule has 0 saturated carbocycles. The molecule has 0 unspecified atom stereocenters. The maximum absolute atomic E-state index is 12.8. The van der Waals surface area contributed by atoms with E-state index in [-0.39, 0.29) is 17.6 Å². The predicted molar refractivity (Wildman–Crippen MR) is 99.1 cm³/mol. The van der Waals surface area contributed by atoms with Gasteiger partial charge in [-0.15, -0.1) is 0 Å². The zero-order chi connectivity index (χ0) is 19.4. The highest BCUT2D eigenvalue weighted by molar-refractivity contribution is 5.95. The Hall–Kier alpha value is -3.27. The molecule has 0 spiro atoms. The minimum atomic E-state index is -0.476. The lowest BCUT2D eigenvalue weighted by molar-refractivity contribution is 0.0589. The number of carbonyl (C=O) groups is 1. The van der Waals surface area contributed by atoms with Crippen LogP contribution in [0.2, 0.25) is 0 Å². The van der Waals surface area contributed by atoms with E-state index in [0.29, 0.717) is 48.6 Å². The average molecular weight is 367 g/mol. The highest BCUT2D eigenvalue weighted by Gasteiger charge is 2.27. The summed E-state index contributed by atoms with van der Waals surface area (Å²) < 4.78 is 11.3. The molecule has 1 N–H and O–H groups in total. The third-order valence-corrected chi connectivity index (χ3v) is 4.79. The molecule has 0 aliphatic carbocycles. The Morgan fingerprint density at radius 3 is 2.56 bits per heavy atom. The van der Waals surface area contributed by atoms with Gasteiger partial charge in [0.05, 0.1) is 12.7 Å². The number of rotatable bonds is 4. The standard InChI is InChI=1S/C20H21N3O4/c1-13-15(11-21)19(24)22-12-16(13)20(25)23-9-7-14(8-10-23)27-18-6-4-3-5-17(18)26-2/h3-6,12,14H,7-10H2,1-2H3,(H,22,24). The predicted octanol–water partition coefficient (Wildman–Crippen LogP) is 2.25. The summed E-state index contributed by atoms with van der Waals surface area (Å²) in [5.41, 5.74) is 0.277. The van der Waals surface area contributed by atoms with E-state index >= 15 is 0 Å². The number of hydrogen-bond acceptors (Lipinski definition) is 5. The van der Waals surface area contributed by atoms with E-state index in [4.69, 9.17) is 14.7 Å². The Kier molecular flexibility index (Phi) is 5.46. The van der Waals surface area contributed by atoms with Crippen LogP contribution in [0.15, 0.2) is 35.3 Å². The molecule has 1 aromatic heterocycles. The van der Waals surface area contributed by atoms with Crippen molar-refractivity contribution in [2.45, 2.75) is 25.9 Å². The van der Waals surface area contributed by atoms with Crippen LogP contribution >= 0.6 is 0 Å². The number of nitriles is 1. The van der Waals surface area contributed by atoms with E-state index in [9.17, 15) is 9.59 Å². The van der Waals surface area contributed by atoms with E-state index in [1.807, 2.05) is 30.3 Å². The fourth-order valence-corrected chi connectivity index (χ4v) is 3.22. The van der Waals surface area contributed by atoms with Crippen molar-refractivity contribution >= 4 is 5.91 Å². The van der Waals surface area contributed by atoms with Crippen LogP contribution in [-0.2, 0) is 0 Å². The lowest BCUT2D eigenvalue weighted by Gasteiger charge is -2.32. The molecule has 140 valence electrons. The monoisotopic (exact) mass is 367 g/mol. The van der Waals surface area contributed by atoms with Crippen molar-refractivity contribution in [3.63, 3.8) is 0 Å². The third-order valence-electron chi connectivity index (χ3n) is 4.79. The van der Waals surface area contributed by atoms with E-state index in [1.54, 1.807) is 18.9 Å². The summed E-state index contributed by atoms with van der Waals surface area (Å²) in [5, 5.41) is 9.11. The number of amides is 1. The minimum Gasteiger partial charge on any atom is -0.493 e. The first-order valence-electron chi connectivity index (χ1n) is 8.76. The summed E-state index contributed by atoms with van der Waals surface area (Å²) in [5.74, 6) is 1.19. The second-order valence-corrected chi connectivity index (χ2v) is 6.40. The van der Waals surface area contributed by atoms with Gasteiger partial charge in [-0.3, -0.25) is 9.59 Å². The van der Waals surface area contributed by atoms with Crippen LogP contribution in [0, 0.1) is 18.3 Å². The van der Waals surface area contributed by atoms with Crippen LogP contribution in [0.25, 0.3) is 0 Å². The van der Waals surface area contributed by atoms with E-state index in [0.717, 1.165) is 0 Å². The summed E-state index contributed by atoms with van der Waals surface area (Å²) in [6.45, 7) is 2.71. The van der Waals surface area contributed by atoms with Gasteiger partial charge in [-0.2, -0.15) is 5.26 Å². The summed E-state index contributed by atoms with van der Waals surface area (Å²) in [6.07, 6.45) is 2.77. The maximum Gasteiger partial charge on any atom is 0.266 e. The third kappa shape index (κ3) is 3.80. The lowest BCUT2D eigenvalue weighted by Crippen LogP contribution is -2.42. The molecule has 1 aromatic carbocycles. The number of aromatic amines is 1. The molecule has 7 heteroatoms. The molecule has 2 heterocycles. The number of methoxy groups -OCH3 is 1. The number of H-pyrrole nitrogens is 1. The molecule has 1 amide bonds. The van der Waals surface area contributed by atoms with Crippen molar-refractivity contribution in [2.24, 2.45) is 0 Å². The highest BCUT2D eigenvalue weighted by Crippen LogP contribution is 2.29. The quantitative estimate of drug-likeness (QED) is 0.894. The molecule has 1 fully saturated rings. The fraction of sp³-hybridized carbons (Fsp3) is 0.350. The molecule has 0 bridgehead atoms. The number of nitrogens with one attached hydrogen (secondary N) is 1. The number of ether oxygens (including phenoxy) is 2. The van der Waals surface area contributed by atoms with Gasteiger partial charge in [0, 0.05) is 32.1 Å². The first kappa shape index (κ1) is 18.5. The van der Waals surface area contributed by atoms with Crippen molar-refractivity contribution in [1.82, 2.24) is 9.88 Å². The van der Waals surface area contributed by atoms with Gasteiger partial charge >= 0.3 is 0 Å². The number of pyridine rings is 1. The van der Waals surface area contributed by atoms with Crippen LogP contribution < -0.4 is 15.0 Å². The van der Waals surface area contributed by atoms with E-state index in [1.165, 1.54) is 6.20 Å². The summed E-state index contributed by atoms with van der Waals surface area (Å²) in [6, 6.07) is 9.35. The van der Waals surface area contributed by atoms with Crippen LogP contribution in [0.4, 0.5) is 0 Å². The van der Waals surface area contributed by atoms with Gasteiger partial charge in [-0.1, -0.05) is 12.1 Å². The van der Waals surface area contributed by atoms with Gasteiger partial charge in [0.15, 0.2) is 11.5 Å². The number of likely N-dealkylation sites (tertiary alicyclic amines) is 1. The van der Waals surface area contributed by atoms with Gasteiger partial charge < -0.3 is 19.4 Å². The van der Waals surface area contributed by atoms with Gasteiger partial charge in [0.2, 0.25) is 0 Å². The Bertz CT molecular complexity index is 937. The number of hydrogen-bond donors (Lipinski definition) is 1. The molecule has 1 aliphatic rings. The van der Waals surface area contributed by atoms with Gasteiger partial charge in [-0.25, -0.2) is 0 Å². The lowest BCUT2D eigenvalue weighted by atomic mass is 10.0. The smallest absolute Gasteiger partial charge is 0.266 e. The zero-order valence-electron chi connectivity index (χ0n) is 15.3. The first-order valence-corrected chi connectivity index (χ1v) is 8.76. The topological polar surface area (TPSA) is 95.4 Å². The van der Waals surface area contributed by atoms with Crippen LogP contribution in [0.5, 0.6) is 11.5 Å². The fourth-order valence-electron chi connectivity index (χ4n) is 3.22. The molecule has 0 atom stereocenters. The highest BCUT2D eigenvalue weighted by atomic mass is 16.5. The van der Waals surface area contributed by atoms with Crippen molar-refractivity contribution in [3.05, 3.63) is 57.5 Å². The average Bonchev–Trinajstić information content (AvgIpc) is 2.69. The molecular formula is C20H21N3O4. The van der Waals surface area contributed by atoms with Gasteiger partial charge in [0.25, 0.3) is 11.5 Å². The second-order valence-electron chi connectivity index (χ2n) is 6.40. The SMILES string of the molecule is COc1ccccc1OC1CCN(C(=O)c2c[nH]c(=O)c(C#N)c2C)CC1. The van der Waals surface area contributed by atoms with E-state index in [2.05, 4.69) is 4.98 Å². The Labute approximate surface area is 157 Å². The van der Waals surface area contributed by atoms with Crippen LogP contribution in [-0.4, -0.2) is 42.1 Å². The minimum absolute atomic E-state index is 0.00306. The molecule has 1 saturated heterocycles. The molecule has 27 heavy (non-hydrogen) atoms. The van der Waals surface area contributed by atoms with Gasteiger partial charge in [-0.05, 0) is 24.6 Å². The van der Waals surface area contributed by atoms with Crippen LogP contribution in [0.1, 0.15) is 34.3 Å². The molecule has 1 aliphatic heterocycles. The molecule has 0 radical (unpaired) electrons. The second kappa shape index (κ2) is 7.96. The maximum atomic E-state index is 12.8. The number of benzene rings is 1. The zero-order valence-corrected chi connectivity index (χ0v) is 15.3. The summed E-state index contributed by atoms with van der Waals surface area (Å²) in [4.78, 5) is 28.7. The largest absolute Gasteiger partial charge is 0.493 e. The Morgan fingerprint density at radius 1 is 1.26 bits per heavy atom. The molecule has 3 rings (SSSR count). The summed E-state index contributed by atoms with van der Waals surface area (Å²) in [7, 11) is 1.60. The van der Waals surface area contributed by atoms with Crippen molar-refractivity contribution in [3.8, 4) is 17.6 Å². The molecular weight excluding hydrogens is 346 g/mol. The van der Waals surface area contributed by atoms with Gasteiger partial charge in [0.1, 0.15) is 17.7 Å². The van der Waals surface area contributed by atoms with E-state index < -0.39 is 5.56 Å². The van der Waals surface area contributed by atoms with Crippen LogP contribution in [0.3, 0.4) is 0 Å². The first-order chi connectivity index (χ1) is 13.0. The van der Waals surface area contributed by atoms with Crippen molar-refractivity contribution < 1.29 is 14.3 Å². The Balaban J connectivity index is 1.67. The van der Waals surface area contributed by atoms with Crippen molar-refractivity contribution in [2.75, 3.05) is 20.2 Å². The number of nitrogens with zero attached hydrogens (tertiary/aromatic N) is 2. The molecule has 2 aromatic rings. The Morgan fingerprint density at radius 2 is 1.93 bits per heavy atom. The van der Waals surface area contributed by atoms with Crippen molar-refractivity contribution in [1.29, 1.82) is 5.26 Å².